The monoisotopic (exact) mass is 353 g/mol. The molecule has 0 saturated heterocycles. The molecular formula is C15H13Cl2N3O3. The van der Waals surface area contributed by atoms with E-state index in [2.05, 4.69) is 17.1 Å². The lowest BCUT2D eigenvalue weighted by Crippen LogP contribution is -2.29. The lowest BCUT2D eigenvalue weighted by molar-refractivity contribution is 0.0625. The van der Waals surface area contributed by atoms with Crippen molar-refractivity contribution >= 4 is 35.0 Å². The molecule has 2 aromatic rings. The summed E-state index contributed by atoms with van der Waals surface area (Å²) in [5, 5.41) is 4.30. The predicted molar refractivity (Wildman–Crippen MR) is 83.6 cm³/mol. The molecule has 23 heavy (non-hydrogen) atoms. The maximum absolute atomic E-state index is 12.4. The van der Waals surface area contributed by atoms with Crippen LogP contribution >= 0.6 is 23.2 Å². The van der Waals surface area contributed by atoms with Gasteiger partial charge in [0.05, 0.1) is 21.2 Å². The minimum atomic E-state index is -0.447. The fourth-order valence-corrected chi connectivity index (χ4v) is 2.68. The second-order valence-corrected chi connectivity index (χ2v) is 6.03. The van der Waals surface area contributed by atoms with Gasteiger partial charge >= 0.3 is 0 Å². The van der Waals surface area contributed by atoms with E-state index in [1.54, 1.807) is 0 Å². The smallest absolute Gasteiger partial charge is 0.262 e. The summed E-state index contributed by atoms with van der Waals surface area (Å²) < 4.78 is 5.11. The standard InChI is InChI=1S/C15H13Cl2N3O3/c1-2-3-4-12-18-13(23-19-12)7-20-14(21)8-5-10(16)11(17)6-9(8)15(20)22/h5-6H,2-4,7H2,1H3. The van der Waals surface area contributed by atoms with Crippen molar-refractivity contribution in [2.45, 2.75) is 32.7 Å². The van der Waals surface area contributed by atoms with Gasteiger partial charge in [0.2, 0.25) is 5.89 Å². The third kappa shape index (κ3) is 2.96. The van der Waals surface area contributed by atoms with Crippen LogP contribution in [0.5, 0.6) is 0 Å². The van der Waals surface area contributed by atoms with E-state index in [0.717, 1.165) is 17.7 Å². The molecule has 0 fully saturated rings. The van der Waals surface area contributed by atoms with Crippen LogP contribution in [-0.4, -0.2) is 26.9 Å². The zero-order valence-electron chi connectivity index (χ0n) is 12.3. The van der Waals surface area contributed by atoms with Crippen LogP contribution in [0.25, 0.3) is 0 Å². The van der Waals surface area contributed by atoms with Crippen molar-refractivity contribution < 1.29 is 14.1 Å². The van der Waals surface area contributed by atoms with E-state index in [4.69, 9.17) is 27.7 Å². The Balaban J connectivity index is 1.81. The molecule has 3 rings (SSSR count). The Kier molecular flexibility index (Phi) is 4.37. The van der Waals surface area contributed by atoms with Crippen molar-refractivity contribution in [3.8, 4) is 0 Å². The van der Waals surface area contributed by atoms with Crippen molar-refractivity contribution in [2.24, 2.45) is 0 Å². The van der Waals surface area contributed by atoms with Gasteiger partial charge in [0.15, 0.2) is 5.82 Å². The van der Waals surface area contributed by atoms with Crippen LogP contribution in [0, 0.1) is 0 Å². The van der Waals surface area contributed by atoms with Crippen LogP contribution in [0.15, 0.2) is 16.7 Å². The number of rotatable bonds is 5. The molecule has 1 aromatic heterocycles. The van der Waals surface area contributed by atoms with Gasteiger partial charge in [-0.3, -0.25) is 14.5 Å². The van der Waals surface area contributed by atoms with Gasteiger partial charge in [0.1, 0.15) is 6.54 Å². The predicted octanol–water partition coefficient (Wildman–Crippen LogP) is 3.52. The minimum absolute atomic E-state index is 0.0687. The number of carbonyl (C=O) groups is 2. The van der Waals surface area contributed by atoms with E-state index in [9.17, 15) is 9.59 Å². The van der Waals surface area contributed by atoms with E-state index in [1.807, 2.05) is 0 Å². The summed E-state index contributed by atoms with van der Waals surface area (Å²) in [6, 6.07) is 2.81. The summed E-state index contributed by atoms with van der Waals surface area (Å²) >= 11 is 11.8. The normalized spacial score (nSPS) is 13.8. The molecular weight excluding hydrogens is 341 g/mol. The van der Waals surface area contributed by atoms with Gasteiger partial charge in [-0.1, -0.05) is 41.7 Å². The first kappa shape index (κ1) is 16.0. The summed E-state index contributed by atoms with van der Waals surface area (Å²) in [6.07, 6.45) is 2.67. The summed E-state index contributed by atoms with van der Waals surface area (Å²) in [4.78, 5) is 30.0. The van der Waals surface area contributed by atoms with Crippen molar-refractivity contribution in [3.05, 3.63) is 45.0 Å². The number of unbranched alkanes of at least 4 members (excludes halogenated alkanes) is 1. The lowest BCUT2D eigenvalue weighted by Gasteiger charge is -2.09. The van der Waals surface area contributed by atoms with Gasteiger partial charge in [0, 0.05) is 6.42 Å². The zero-order valence-corrected chi connectivity index (χ0v) is 13.8. The summed E-state index contributed by atoms with van der Waals surface area (Å²) in [7, 11) is 0. The highest BCUT2D eigenvalue weighted by Gasteiger charge is 2.37. The minimum Gasteiger partial charge on any atom is -0.337 e. The van der Waals surface area contributed by atoms with Gasteiger partial charge in [-0.2, -0.15) is 4.98 Å². The van der Waals surface area contributed by atoms with Crippen LogP contribution in [0.3, 0.4) is 0 Å². The number of benzene rings is 1. The first-order chi connectivity index (χ1) is 11.0. The highest BCUT2D eigenvalue weighted by molar-refractivity contribution is 6.43. The zero-order chi connectivity index (χ0) is 16.6. The van der Waals surface area contributed by atoms with Crippen molar-refractivity contribution in [2.75, 3.05) is 0 Å². The third-order valence-electron chi connectivity index (χ3n) is 3.57. The fraction of sp³-hybridized carbons (Fsp3) is 0.333. The van der Waals surface area contributed by atoms with Crippen LogP contribution < -0.4 is 0 Å². The van der Waals surface area contributed by atoms with Crippen LogP contribution in [0.2, 0.25) is 10.0 Å². The number of nitrogens with zero attached hydrogens (tertiary/aromatic N) is 3. The van der Waals surface area contributed by atoms with E-state index in [1.165, 1.54) is 12.1 Å². The lowest BCUT2D eigenvalue weighted by atomic mass is 10.1. The first-order valence-corrected chi connectivity index (χ1v) is 7.93. The molecule has 2 heterocycles. The summed E-state index contributed by atoms with van der Waals surface area (Å²) in [5.41, 5.74) is 0.463. The Labute approximate surface area is 142 Å². The molecule has 8 heteroatoms. The Morgan fingerprint density at radius 3 is 2.30 bits per heavy atom. The third-order valence-corrected chi connectivity index (χ3v) is 4.29. The second-order valence-electron chi connectivity index (χ2n) is 5.22. The maximum Gasteiger partial charge on any atom is 0.262 e. The largest absolute Gasteiger partial charge is 0.337 e. The average molecular weight is 354 g/mol. The number of imide groups is 1. The number of hydrogen-bond acceptors (Lipinski definition) is 5. The Hall–Kier alpha value is -1.92. The topological polar surface area (TPSA) is 76.3 Å². The molecule has 1 aromatic carbocycles. The second kappa shape index (κ2) is 6.29. The molecule has 120 valence electrons. The van der Waals surface area contributed by atoms with Gasteiger partial charge in [-0.25, -0.2) is 0 Å². The van der Waals surface area contributed by atoms with Crippen LogP contribution in [-0.2, 0) is 13.0 Å². The van der Waals surface area contributed by atoms with Gasteiger partial charge in [0.25, 0.3) is 11.8 Å². The molecule has 2 amide bonds. The number of hydrogen-bond donors (Lipinski definition) is 0. The Morgan fingerprint density at radius 2 is 1.74 bits per heavy atom. The fourth-order valence-electron chi connectivity index (χ4n) is 2.35. The molecule has 0 radical (unpaired) electrons. The van der Waals surface area contributed by atoms with E-state index >= 15 is 0 Å². The Bertz CT molecular complexity index is 747. The number of carbonyl (C=O) groups excluding carboxylic acids is 2. The highest BCUT2D eigenvalue weighted by atomic mass is 35.5. The first-order valence-electron chi connectivity index (χ1n) is 7.18. The molecule has 0 N–H and O–H groups in total. The van der Waals surface area contributed by atoms with Gasteiger partial charge in [-0.15, -0.1) is 0 Å². The Morgan fingerprint density at radius 1 is 1.13 bits per heavy atom. The quantitative estimate of drug-likeness (QED) is 0.768. The molecule has 1 aliphatic rings. The number of amides is 2. The van der Waals surface area contributed by atoms with Crippen molar-refractivity contribution in [3.63, 3.8) is 0 Å². The SMILES string of the molecule is CCCCc1noc(CN2C(=O)c3cc(Cl)c(Cl)cc3C2=O)n1. The van der Waals surface area contributed by atoms with Crippen molar-refractivity contribution in [1.82, 2.24) is 15.0 Å². The molecule has 0 spiro atoms. The van der Waals surface area contributed by atoms with Gasteiger partial charge < -0.3 is 4.52 Å². The van der Waals surface area contributed by atoms with E-state index in [-0.39, 0.29) is 33.6 Å². The average Bonchev–Trinajstić information content (AvgIpc) is 3.06. The molecule has 0 unspecified atom stereocenters. The molecule has 0 aliphatic carbocycles. The van der Waals surface area contributed by atoms with Crippen molar-refractivity contribution in [1.29, 1.82) is 0 Å². The molecule has 0 saturated carbocycles. The summed E-state index contributed by atoms with van der Waals surface area (Å²) in [5.74, 6) is -0.0962. The molecule has 0 bridgehead atoms. The molecule has 6 nitrogen and oxygen atoms in total. The van der Waals surface area contributed by atoms with Crippen LogP contribution in [0.1, 0.15) is 52.2 Å². The van der Waals surface area contributed by atoms with Crippen LogP contribution in [0.4, 0.5) is 0 Å². The summed E-state index contributed by atoms with van der Waals surface area (Å²) in [6.45, 7) is 2.00. The number of halogens is 2. The number of aryl methyl sites for hydroxylation is 1. The van der Waals surface area contributed by atoms with E-state index in [0.29, 0.717) is 12.2 Å². The molecule has 1 aliphatic heterocycles. The number of fused-ring (bicyclic) bond motifs is 1. The van der Waals surface area contributed by atoms with E-state index < -0.39 is 11.8 Å². The maximum atomic E-state index is 12.4. The highest BCUT2D eigenvalue weighted by Crippen LogP contribution is 2.32. The van der Waals surface area contributed by atoms with Gasteiger partial charge in [-0.05, 0) is 18.6 Å². The molecule has 0 atom stereocenters. The number of aromatic nitrogens is 2.